The zero-order valence-corrected chi connectivity index (χ0v) is 7.22. The summed E-state index contributed by atoms with van der Waals surface area (Å²) >= 11 is 0. The first-order valence-corrected chi connectivity index (χ1v) is 3.95. The highest BCUT2D eigenvalue weighted by atomic mass is 14.6. The molecule has 1 heteroatoms. The maximum Gasteiger partial charge on any atom is 0.0115 e. The highest BCUT2D eigenvalue weighted by Gasteiger charge is 2.05. The molecule has 0 aromatic heterocycles. The fourth-order valence-electron chi connectivity index (χ4n) is 1.01. The largest absolute Gasteiger partial charge is 0.402 e. The second-order valence-electron chi connectivity index (χ2n) is 2.53. The third kappa shape index (κ3) is 3.66. The van der Waals surface area contributed by atoms with Crippen LogP contribution in [0.3, 0.4) is 0 Å². The minimum Gasteiger partial charge on any atom is -0.402 e. The van der Waals surface area contributed by atoms with Gasteiger partial charge in [-0.05, 0) is 18.9 Å². The van der Waals surface area contributed by atoms with Crippen molar-refractivity contribution in [3.8, 4) is 0 Å². The fraction of sp³-hybridized carbons (Fsp3) is 0.400. The number of hydrogen-bond donors (Lipinski definition) is 1. The van der Waals surface area contributed by atoms with Gasteiger partial charge in [-0.3, -0.25) is 0 Å². The molecular weight excluding hydrogens is 134 g/mol. The van der Waals surface area contributed by atoms with Crippen molar-refractivity contribution >= 4 is 0 Å². The average molecular weight is 151 g/mol. The van der Waals surface area contributed by atoms with E-state index in [1.807, 2.05) is 12.2 Å². The minimum absolute atomic E-state index is 0.436. The standard InChI is InChI=1S/C10H17N/c1-4-7-9(6-3)10(11)8-5-2/h4-5,8-9H,1-2,6-7,11H2,3H3/b10-8+. The Morgan fingerprint density at radius 3 is 2.55 bits per heavy atom. The molecule has 0 fully saturated rings. The van der Waals surface area contributed by atoms with E-state index in [1.54, 1.807) is 6.08 Å². The van der Waals surface area contributed by atoms with E-state index in [0.717, 1.165) is 18.5 Å². The van der Waals surface area contributed by atoms with Gasteiger partial charge in [-0.15, -0.1) is 6.58 Å². The SMILES string of the molecule is C=C/C=C(/N)C(CC)CC=C. The summed E-state index contributed by atoms with van der Waals surface area (Å²) in [6, 6.07) is 0. The molecule has 0 aromatic rings. The van der Waals surface area contributed by atoms with E-state index in [2.05, 4.69) is 20.1 Å². The van der Waals surface area contributed by atoms with Crippen molar-refractivity contribution in [1.82, 2.24) is 0 Å². The van der Waals surface area contributed by atoms with Gasteiger partial charge < -0.3 is 5.73 Å². The summed E-state index contributed by atoms with van der Waals surface area (Å²) in [7, 11) is 0. The van der Waals surface area contributed by atoms with Crippen molar-refractivity contribution in [2.24, 2.45) is 11.7 Å². The van der Waals surface area contributed by atoms with Gasteiger partial charge in [0.15, 0.2) is 0 Å². The molecule has 0 bridgehead atoms. The highest BCUT2D eigenvalue weighted by molar-refractivity contribution is 5.10. The minimum atomic E-state index is 0.436. The Morgan fingerprint density at radius 1 is 1.55 bits per heavy atom. The Bertz CT molecular complexity index is 156. The first-order chi connectivity index (χ1) is 5.26. The van der Waals surface area contributed by atoms with Gasteiger partial charge in [0.1, 0.15) is 0 Å². The first kappa shape index (κ1) is 10.0. The van der Waals surface area contributed by atoms with Gasteiger partial charge in [0.2, 0.25) is 0 Å². The molecule has 2 N–H and O–H groups in total. The lowest BCUT2D eigenvalue weighted by Gasteiger charge is -2.11. The summed E-state index contributed by atoms with van der Waals surface area (Å²) in [6.45, 7) is 9.40. The summed E-state index contributed by atoms with van der Waals surface area (Å²) < 4.78 is 0. The van der Waals surface area contributed by atoms with Crippen LogP contribution in [0.1, 0.15) is 19.8 Å². The Kier molecular flexibility index (Phi) is 5.26. The molecule has 11 heavy (non-hydrogen) atoms. The van der Waals surface area contributed by atoms with Crippen LogP contribution >= 0.6 is 0 Å². The Hall–Kier alpha value is -0.980. The molecular formula is C10H17N. The van der Waals surface area contributed by atoms with E-state index < -0.39 is 0 Å². The number of hydrogen-bond acceptors (Lipinski definition) is 1. The summed E-state index contributed by atoms with van der Waals surface area (Å²) in [6.07, 6.45) is 7.49. The topological polar surface area (TPSA) is 26.0 Å². The third-order valence-electron chi connectivity index (χ3n) is 1.73. The van der Waals surface area contributed by atoms with Gasteiger partial charge in [-0.25, -0.2) is 0 Å². The molecule has 0 saturated heterocycles. The molecule has 0 aliphatic rings. The van der Waals surface area contributed by atoms with Gasteiger partial charge in [-0.1, -0.05) is 25.7 Å². The van der Waals surface area contributed by atoms with Crippen LogP contribution in [0, 0.1) is 5.92 Å². The smallest absolute Gasteiger partial charge is 0.0115 e. The normalized spacial score (nSPS) is 14.1. The van der Waals surface area contributed by atoms with Gasteiger partial charge in [-0.2, -0.15) is 0 Å². The van der Waals surface area contributed by atoms with Crippen molar-refractivity contribution in [2.75, 3.05) is 0 Å². The second-order valence-corrected chi connectivity index (χ2v) is 2.53. The van der Waals surface area contributed by atoms with Crippen LogP contribution in [0.25, 0.3) is 0 Å². The lowest BCUT2D eigenvalue weighted by Crippen LogP contribution is -2.09. The van der Waals surface area contributed by atoms with E-state index in [1.165, 1.54) is 0 Å². The number of rotatable bonds is 5. The van der Waals surface area contributed by atoms with Crippen molar-refractivity contribution in [3.63, 3.8) is 0 Å². The van der Waals surface area contributed by atoms with Crippen LogP contribution in [0.2, 0.25) is 0 Å². The molecule has 0 heterocycles. The molecule has 1 nitrogen and oxygen atoms in total. The van der Waals surface area contributed by atoms with E-state index in [9.17, 15) is 0 Å². The quantitative estimate of drug-likeness (QED) is 0.474. The van der Waals surface area contributed by atoms with Gasteiger partial charge in [0, 0.05) is 11.6 Å². The molecule has 0 amide bonds. The zero-order valence-electron chi connectivity index (χ0n) is 7.22. The molecule has 0 spiro atoms. The predicted octanol–water partition coefficient (Wildman–Crippen LogP) is 2.62. The molecule has 1 unspecified atom stereocenters. The molecule has 0 radical (unpaired) electrons. The van der Waals surface area contributed by atoms with Crippen LogP contribution in [-0.4, -0.2) is 0 Å². The van der Waals surface area contributed by atoms with E-state index in [4.69, 9.17) is 5.73 Å². The van der Waals surface area contributed by atoms with Gasteiger partial charge in [0.05, 0.1) is 0 Å². The average Bonchev–Trinajstić information content (AvgIpc) is 2.00. The van der Waals surface area contributed by atoms with Crippen LogP contribution in [-0.2, 0) is 0 Å². The van der Waals surface area contributed by atoms with Crippen LogP contribution < -0.4 is 5.73 Å². The van der Waals surface area contributed by atoms with Gasteiger partial charge >= 0.3 is 0 Å². The molecule has 0 aliphatic heterocycles. The summed E-state index contributed by atoms with van der Waals surface area (Å²) in [4.78, 5) is 0. The molecule has 0 aromatic carbocycles. The Morgan fingerprint density at radius 2 is 2.18 bits per heavy atom. The maximum atomic E-state index is 5.77. The monoisotopic (exact) mass is 151 g/mol. The molecule has 0 rings (SSSR count). The van der Waals surface area contributed by atoms with Crippen molar-refractivity contribution in [1.29, 1.82) is 0 Å². The third-order valence-corrected chi connectivity index (χ3v) is 1.73. The first-order valence-electron chi connectivity index (χ1n) is 3.95. The van der Waals surface area contributed by atoms with Crippen molar-refractivity contribution in [2.45, 2.75) is 19.8 Å². The summed E-state index contributed by atoms with van der Waals surface area (Å²) in [5.41, 5.74) is 6.67. The molecule has 0 aliphatic carbocycles. The highest BCUT2D eigenvalue weighted by Crippen LogP contribution is 2.14. The number of nitrogens with two attached hydrogens (primary N) is 1. The molecule has 1 atom stereocenters. The van der Waals surface area contributed by atoms with E-state index in [-0.39, 0.29) is 0 Å². The molecule has 0 saturated carbocycles. The Labute approximate surface area is 69.3 Å². The molecule has 62 valence electrons. The number of allylic oxidation sites excluding steroid dienone is 4. The van der Waals surface area contributed by atoms with Gasteiger partial charge in [0.25, 0.3) is 0 Å². The predicted molar refractivity (Wildman–Crippen MR) is 51.1 cm³/mol. The van der Waals surface area contributed by atoms with Crippen LogP contribution in [0.15, 0.2) is 37.1 Å². The second kappa shape index (κ2) is 5.78. The van der Waals surface area contributed by atoms with E-state index in [0.29, 0.717) is 5.92 Å². The van der Waals surface area contributed by atoms with Crippen molar-refractivity contribution in [3.05, 3.63) is 37.1 Å². The van der Waals surface area contributed by atoms with Crippen LogP contribution in [0.5, 0.6) is 0 Å². The Balaban J connectivity index is 4.11. The lowest BCUT2D eigenvalue weighted by molar-refractivity contribution is 0.595. The summed E-state index contributed by atoms with van der Waals surface area (Å²) in [5, 5.41) is 0. The maximum absolute atomic E-state index is 5.77. The lowest BCUT2D eigenvalue weighted by atomic mass is 9.98. The fourth-order valence-corrected chi connectivity index (χ4v) is 1.01. The van der Waals surface area contributed by atoms with Crippen molar-refractivity contribution < 1.29 is 0 Å². The van der Waals surface area contributed by atoms with E-state index >= 15 is 0 Å². The summed E-state index contributed by atoms with van der Waals surface area (Å²) in [5.74, 6) is 0.436. The zero-order chi connectivity index (χ0) is 8.69. The van der Waals surface area contributed by atoms with Crippen LogP contribution in [0.4, 0.5) is 0 Å².